The van der Waals surface area contributed by atoms with Gasteiger partial charge in [0.1, 0.15) is 11.6 Å². The van der Waals surface area contributed by atoms with Crippen LogP contribution >= 0.6 is 0 Å². The molecule has 2 saturated heterocycles. The van der Waals surface area contributed by atoms with Crippen molar-refractivity contribution in [3.63, 3.8) is 0 Å². The van der Waals surface area contributed by atoms with E-state index in [1.54, 1.807) is 30.3 Å². The monoisotopic (exact) mass is 499 g/mol. The first-order valence-corrected chi connectivity index (χ1v) is 12.8. The highest BCUT2D eigenvalue weighted by atomic mass is 32.2. The lowest BCUT2D eigenvalue weighted by Crippen LogP contribution is -2.49. The molecular weight excluding hydrogens is 473 g/mol. The van der Waals surface area contributed by atoms with Crippen molar-refractivity contribution in [2.24, 2.45) is 0 Å². The average Bonchev–Trinajstić information content (AvgIpc) is 3.27. The largest absolute Gasteiger partial charge is 0.390 e. The van der Waals surface area contributed by atoms with Gasteiger partial charge >= 0.3 is 0 Å². The Morgan fingerprint density at radius 3 is 2.51 bits per heavy atom. The Kier molecular flexibility index (Phi) is 6.51. The molecule has 0 radical (unpaired) electrons. The number of halogens is 1. The van der Waals surface area contributed by atoms with Gasteiger partial charge in [0.2, 0.25) is 10.0 Å². The van der Waals surface area contributed by atoms with Crippen LogP contribution in [0.3, 0.4) is 0 Å². The van der Waals surface area contributed by atoms with Gasteiger partial charge in [0.05, 0.1) is 48.3 Å². The normalized spacial score (nSPS) is 21.9. The van der Waals surface area contributed by atoms with Crippen LogP contribution in [0, 0.1) is 5.82 Å². The van der Waals surface area contributed by atoms with E-state index in [-0.39, 0.29) is 35.4 Å². The first-order chi connectivity index (χ1) is 16.8. The van der Waals surface area contributed by atoms with Gasteiger partial charge in [-0.1, -0.05) is 24.3 Å². The Morgan fingerprint density at radius 1 is 1.03 bits per heavy atom. The number of aliphatic hydroxyl groups excluding tert-OH is 1. The minimum Gasteiger partial charge on any atom is -0.390 e. The fourth-order valence-electron chi connectivity index (χ4n) is 4.64. The molecule has 3 heterocycles. The van der Waals surface area contributed by atoms with Gasteiger partial charge in [-0.05, 0) is 23.8 Å². The predicted molar refractivity (Wildman–Crippen MR) is 128 cm³/mol. The van der Waals surface area contributed by atoms with Gasteiger partial charge in [0, 0.05) is 37.3 Å². The summed E-state index contributed by atoms with van der Waals surface area (Å²) in [6.07, 6.45) is 1.93. The molecule has 0 bridgehead atoms. The Labute approximate surface area is 203 Å². The fourth-order valence-corrected chi connectivity index (χ4v) is 6.33. The first-order valence-electron chi connectivity index (χ1n) is 11.3. The Hall–Kier alpha value is -2.96. The molecule has 3 aromatic rings. The Morgan fingerprint density at radius 2 is 1.80 bits per heavy atom. The number of aliphatic hydroxyl groups is 1. The summed E-state index contributed by atoms with van der Waals surface area (Å²) in [6.45, 7) is 2.60. The molecule has 184 valence electrons. The lowest BCUT2D eigenvalue weighted by atomic mass is 10.0. The van der Waals surface area contributed by atoms with Crippen LogP contribution in [-0.2, 0) is 14.8 Å². The summed E-state index contributed by atoms with van der Waals surface area (Å²) in [5.41, 5.74) is 6.91. The predicted octanol–water partition coefficient (Wildman–Crippen LogP) is 1.60. The molecule has 2 aliphatic rings. The molecule has 2 aliphatic heterocycles. The number of nitrogens with two attached hydrogens (primary N) is 1. The average molecular weight is 500 g/mol. The molecule has 2 fully saturated rings. The molecule has 9 nitrogen and oxygen atoms in total. The fraction of sp³-hybridized carbons (Fsp3) is 0.333. The van der Waals surface area contributed by atoms with Gasteiger partial charge in [-0.15, -0.1) is 0 Å². The zero-order valence-electron chi connectivity index (χ0n) is 18.9. The summed E-state index contributed by atoms with van der Waals surface area (Å²) in [5.74, 6) is -0.328. The van der Waals surface area contributed by atoms with Crippen molar-refractivity contribution in [3.8, 4) is 22.4 Å². The third-order valence-electron chi connectivity index (χ3n) is 6.47. The molecule has 0 aliphatic carbocycles. The second kappa shape index (κ2) is 9.59. The summed E-state index contributed by atoms with van der Waals surface area (Å²) in [6, 6.07) is 10.7. The molecule has 1 aromatic heterocycles. The highest BCUT2D eigenvalue weighted by molar-refractivity contribution is 7.89. The number of morpholine rings is 1. The molecular formula is C24H26FN5O4S. The number of nitrogens with zero attached hydrogens (tertiary/aromatic N) is 4. The SMILES string of the molecule is Nc1cnc(-c2ccc(-c3ccccc3S(=O)(=O)N3C[C@@H](O)[C@@H](N4CCOCC4)C3)cc2F)cn1. The molecule has 3 N–H and O–H groups in total. The number of anilines is 1. The summed E-state index contributed by atoms with van der Waals surface area (Å²) >= 11 is 0. The van der Waals surface area contributed by atoms with E-state index in [4.69, 9.17) is 10.5 Å². The van der Waals surface area contributed by atoms with Gasteiger partial charge < -0.3 is 15.6 Å². The number of ether oxygens (including phenoxy) is 1. The number of sulfonamides is 1. The maximum Gasteiger partial charge on any atom is 0.243 e. The number of nitrogen functional groups attached to an aromatic ring is 1. The van der Waals surface area contributed by atoms with Crippen molar-refractivity contribution in [1.82, 2.24) is 19.2 Å². The smallest absolute Gasteiger partial charge is 0.243 e. The van der Waals surface area contributed by atoms with E-state index in [2.05, 4.69) is 14.9 Å². The van der Waals surface area contributed by atoms with Crippen LogP contribution < -0.4 is 5.73 Å². The highest BCUT2D eigenvalue weighted by Gasteiger charge is 2.42. The van der Waals surface area contributed by atoms with Crippen LogP contribution in [0.1, 0.15) is 0 Å². The van der Waals surface area contributed by atoms with Crippen LogP contribution in [0.25, 0.3) is 22.4 Å². The van der Waals surface area contributed by atoms with Crippen LogP contribution in [0.5, 0.6) is 0 Å². The number of hydrogen-bond donors (Lipinski definition) is 2. The van der Waals surface area contributed by atoms with E-state index in [9.17, 15) is 13.5 Å². The zero-order chi connectivity index (χ0) is 24.6. The molecule has 0 spiro atoms. The maximum atomic E-state index is 15.1. The summed E-state index contributed by atoms with van der Waals surface area (Å²) in [5, 5.41) is 10.6. The third kappa shape index (κ3) is 4.65. The summed E-state index contributed by atoms with van der Waals surface area (Å²) in [7, 11) is -3.95. The molecule has 0 saturated carbocycles. The van der Waals surface area contributed by atoms with E-state index >= 15 is 4.39 Å². The molecule has 0 unspecified atom stereocenters. The number of β-amino-alcohol motifs (C(OH)–C–C–N with tert-alkyl or cyclic N) is 1. The van der Waals surface area contributed by atoms with Gasteiger partial charge in [0.25, 0.3) is 0 Å². The molecule has 0 amide bonds. The molecule has 11 heteroatoms. The van der Waals surface area contributed by atoms with Gasteiger partial charge in [-0.3, -0.25) is 9.88 Å². The van der Waals surface area contributed by atoms with Crippen LogP contribution in [0.4, 0.5) is 10.2 Å². The quantitative estimate of drug-likeness (QED) is 0.543. The number of hydrogen-bond acceptors (Lipinski definition) is 8. The van der Waals surface area contributed by atoms with Crippen molar-refractivity contribution in [3.05, 3.63) is 60.7 Å². The minimum atomic E-state index is -3.95. The van der Waals surface area contributed by atoms with Gasteiger partial charge in [-0.25, -0.2) is 17.8 Å². The van der Waals surface area contributed by atoms with Crippen LogP contribution in [0.15, 0.2) is 59.8 Å². The lowest BCUT2D eigenvalue weighted by Gasteiger charge is -2.33. The molecule has 5 rings (SSSR count). The van der Waals surface area contributed by atoms with Crippen LogP contribution in [-0.4, -0.2) is 84.2 Å². The van der Waals surface area contributed by atoms with Crippen molar-refractivity contribution >= 4 is 15.8 Å². The Bertz CT molecular complexity index is 1320. The van der Waals surface area contributed by atoms with Gasteiger partial charge in [0.15, 0.2) is 0 Å². The second-order valence-electron chi connectivity index (χ2n) is 8.62. The van der Waals surface area contributed by atoms with E-state index in [0.717, 1.165) is 0 Å². The standard InChI is InChI=1S/C24H26FN5O4S/c25-19-11-16(5-6-18(19)20-12-28-24(26)13-27-20)17-3-1-2-4-23(17)35(32,33)30-14-21(22(31)15-30)29-7-9-34-10-8-29/h1-6,11-13,21-22,31H,7-10,14-15H2,(H2,26,28)/t21-,22+/m0/s1. The van der Waals surface area contributed by atoms with E-state index in [1.807, 2.05) is 0 Å². The van der Waals surface area contributed by atoms with Crippen molar-refractivity contribution in [1.29, 1.82) is 0 Å². The third-order valence-corrected chi connectivity index (χ3v) is 8.36. The summed E-state index contributed by atoms with van der Waals surface area (Å²) < 4.78 is 49.0. The Balaban J connectivity index is 1.45. The number of benzene rings is 2. The molecule has 2 aromatic carbocycles. The van der Waals surface area contributed by atoms with Crippen LogP contribution in [0.2, 0.25) is 0 Å². The topological polar surface area (TPSA) is 122 Å². The van der Waals surface area contributed by atoms with Gasteiger partial charge in [-0.2, -0.15) is 4.31 Å². The van der Waals surface area contributed by atoms with E-state index < -0.39 is 21.9 Å². The molecule has 2 atom stereocenters. The minimum absolute atomic E-state index is 0.00178. The molecule has 35 heavy (non-hydrogen) atoms. The van der Waals surface area contributed by atoms with E-state index in [0.29, 0.717) is 43.1 Å². The zero-order valence-corrected chi connectivity index (χ0v) is 19.7. The van der Waals surface area contributed by atoms with E-state index in [1.165, 1.54) is 28.8 Å². The number of aromatic nitrogens is 2. The first kappa shape index (κ1) is 23.8. The summed E-state index contributed by atoms with van der Waals surface area (Å²) in [4.78, 5) is 10.2. The van der Waals surface area contributed by atoms with Crippen molar-refractivity contribution < 1.29 is 22.7 Å². The van der Waals surface area contributed by atoms with Crippen molar-refractivity contribution in [2.75, 3.05) is 45.1 Å². The highest BCUT2D eigenvalue weighted by Crippen LogP contribution is 2.34. The number of rotatable bonds is 5. The second-order valence-corrected chi connectivity index (χ2v) is 10.5. The maximum absolute atomic E-state index is 15.1. The lowest BCUT2D eigenvalue weighted by molar-refractivity contribution is -0.00602. The van der Waals surface area contributed by atoms with Crippen molar-refractivity contribution in [2.45, 2.75) is 17.0 Å².